The number of benzene rings is 2. The second-order valence-corrected chi connectivity index (χ2v) is 6.48. The van der Waals surface area contributed by atoms with Crippen molar-refractivity contribution in [1.82, 2.24) is 0 Å². The number of aliphatic hydroxyl groups is 1. The fraction of sp³-hybridized carbons (Fsp3) is 0.250. The van der Waals surface area contributed by atoms with Gasteiger partial charge in [0.25, 0.3) is 0 Å². The Bertz CT molecular complexity index is 853. The predicted octanol–water partition coefficient (Wildman–Crippen LogP) is 4.12. The van der Waals surface area contributed by atoms with Crippen LogP contribution in [0.5, 0.6) is 0 Å². The van der Waals surface area contributed by atoms with Crippen LogP contribution in [0.25, 0.3) is 0 Å². The summed E-state index contributed by atoms with van der Waals surface area (Å²) in [4.78, 5) is 25.2. The van der Waals surface area contributed by atoms with Crippen molar-refractivity contribution in [2.24, 2.45) is 0 Å². The molecule has 2 aromatic carbocycles. The fourth-order valence-corrected chi connectivity index (χ4v) is 2.66. The Balaban J connectivity index is 2.15. The van der Waals surface area contributed by atoms with Crippen molar-refractivity contribution in [3.63, 3.8) is 0 Å². The van der Waals surface area contributed by atoms with Crippen molar-refractivity contribution in [3.8, 4) is 0 Å². The van der Waals surface area contributed by atoms with E-state index in [2.05, 4.69) is 0 Å². The van der Waals surface area contributed by atoms with E-state index in [9.17, 15) is 14.7 Å². The van der Waals surface area contributed by atoms with E-state index in [0.29, 0.717) is 0 Å². The van der Waals surface area contributed by atoms with Gasteiger partial charge in [-0.15, -0.1) is 0 Å². The van der Waals surface area contributed by atoms with Gasteiger partial charge in [-0.2, -0.15) is 0 Å². The van der Waals surface area contributed by atoms with Gasteiger partial charge < -0.3 is 14.6 Å². The molecule has 29 heavy (non-hydrogen) atoms. The summed E-state index contributed by atoms with van der Waals surface area (Å²) in [5.41, 5.74) is 1.59. The number of aliphatic hydroxyl groups excluding tert-OH is 1. The highest BCUT2D eigenvalue weighted by Gasteiger charge is 2.26. The summed E-state index contributed by atoms with van der Waals surface area (Å²) in [5, 5.41) is 10.5. The van der Waals surface area contributed by atoms with Gasteiger partial charge in [-0.25, -0.2) is 9.59 Å². The van der Waals surface area contributed by atoms with E-state index in [-0.39, 0.29) is 30.8 Å². The van der Waals surface area contributed by atoms with E-state index in [1.807, 2.05) is 67.6 Å². The van der Waals surface area contributed by atoms with Gasteiger partial charge in [0.1, 0.15) is 13.2 Å². The zero-order valence-corrected chi connectivity index (χ0v) is 16.7. The maximum atomic E-state index is 12.7. The SMILES string of the molecule is C/C=C/C[C@@H](O)/C(C(=O)OCc1ccccc1)=C(\C)C(=O)OCc1ccccc1. The quantitative estimate of drug-likeness (QED) is 0.394. The second-order valence-electron chi connectivity index (χ2n) is 6.48. The molecule has 5 heteroatoms. The molecule has 1 N–H and O–H groups in total. The normalized spacial score (nSPS) is 12.9. The Kier molecular flexibility index (Phi) is 8.86. The van der Waals surface area contributed by atoms with E-state index < -0.39 is 18.0 Å². The molecule has 0 fully saturated rings. The molecule has 0 spiro atoms. The minimum Gasteiger partial charge on any atom is -0.457 e. The first-order chi connectivity index (χ1) is 14.0. The summed E-state index contributed by atoms with van der Waals surface area (Å²) >= 11 is 0. The Morgan fingerprint density at radius 2 is 1.38 bits per heavy atom. The lowest BCUT2D eigenvalue weighted by Gasteiger charge is -2.16. The molecule has 0 aliphatic rings. The number of rotatable bonds is 9. The first kappa shape index (κ1) is 22.1. The average molecular weight is 394 g/mol. The first-order valence-corrected chi connectivity index (χ1v) is 9.45. The van der Waals surface area contributed by atoms with E-state index in [4.69, 9.17) is 9.47 Å². The molecule has 0 unspecified atom stereocenters. The summed E-state index contributed by atoms with van der Waals surface area (Å²) in [6.07, 6.45) is 2.51. The monoisotopic (exact) mass is 394 g/mol. The molecule has 2 aromatic rings. The zero-order chi connectivity index (χ0) is 21.1. The summed E-state index contributed by atoms with van der Waals surface area (Å²) < 4.78 is 10.6. The van der Waals surface area contributed by atoms with Crippen molar-refractivity contribution >= 4 is 11.9 Å². The van der Waals surface area contributed by atoms with E-state index in [0.717, 1.165) is 11.1 Å². The van der Waals surface area contributed by atoms with Crippen LogP contribution >= 0.6 is 0 Å². The van der Waals surface area contributed by atoms with Crippen molar-refractivity contribution < 1.29 is 24.2 Å². The van der Waals surface area contributed by atoms with Crippen LogP contribution in [0.1, 0.15) is 31.4 Å². The molecule has 0 heterocycles. The Hall–Kier alpha value is -3.18. The van der Waals surface area contributed by atoms with Gasteiger partial charge >= 0.3 is 11.9 Å². The van der Waals surface area contributed by atoms with Gasteiger partial charge in [0.15, 0.2) is 0 Å². The van der Waals surface area contributed by atoms with Crippen molar-refractivity contribution in [1.29, 1.82) is 0 Å². The number of carbonyl (C=O) groups excluding carboxylic acids is 2. The third-order valence-corrected chi connectivity index (χ3v) is 4.28. The highest BCUT2D eigenvalue weighted by atomic mass is 16.5. The van der Waals surface area contributed by atoms with E-state index >= 15 is 0 Å². The third-order valence-electron chi connectivity index (χ3n) is 4.28. The van der Waals surface area contributed by atoms with Crippen LogP contribution in [-0.4, -0.2) is 23.1 Å². The van der Waals surface area contributed by atoms with Gasteiger partial charge in [-0.1, -0.05) is 72.8 Å². The molecule has 0 saturated heterocycles. The van der Waals surface area contributed by atoms with Crippen LogP contribution in [0.2, 0.25) is 0 Å². The number of hydrogen-bond acceptors (Lipinski definition) is 5. The molecule has 0 saturated carbocycles. The number of esters is 2. The van der Waals surface area contributed by atoms with Crippen molar-refractivity contribution in [2.75, 3.05) is 0 Å². The Morgan fingerprint density at radius 1 is 0.897 bits per heavy atom. The lowest BCUT2D eigenvalue weighted by molar-refractivity contribution is -0.144. The van der Waals surface area contributed by atoms with Crippen molar-refractivity contribution in [2.45, 2.75) is 39.6 Å². The first-order valence-electron chi connectivity index (χ1n) is 9.45. The molecule has 0 aliphatic heterocycles. The predicted molar refractivity (Wildman–Crippen MR) is 111 cm³/mol. The molecule has 0 bridgehead atoms. The molecule has 2 rings (SSSR count). The minimum absolute atomic E-state index is 0.0380. The van der Waals surface area contributed by atoms with E-state index in [1.54, 1.807) is 12.2 Å². The summed E-state index contributed by atoms with van der Waals surface area (Å²) in [5.74, 6) is -1.40. The summed E-state index contributed by atoms with van der Waals surface area (Å²) in [6.45, 7) is 3.40. The molecule has 0 aromatic heterocycles. The standard InChI is InChI=1S/C24H26O5/c1-3-4-15-21(25)22(24(27)29-17-20-13-9-6-10-14-20)18(2)23(26)28-16-19-11-7-5-8-12-19/h3-14,21,25H,15-17H2,1-2H3/b4-3+,22-18-/t21-/m1/s1. The highest BCUT2D eigenvalue weighted by Crippen LogP contribution is 2.18. The van der Waals surface area contributed by atoms with Crippen LogP contribution in [0, 0.1) is 0 Å². The topological polar surface area (TPSA) is 72.8 Å². The lowest BCUT2D eigenvalue weighted by atomic mass is 10.0. The fourth-order valence-electron chi connectivity index (χ4n) is 2.66. The Morgan fingerprint density at radius 3 is 1.86 bits per heavy atom. The minimum atomic E-state index is -1.17. The zero-order valence-electron chi connectivity index (χ0n) is 16.7. The van der Waals surface area contributed by atoms with Crippen LogP contribution in [-0.2, 0) is 32.3 Å². The Labute approximate surface area is 171 Å². The molecule has 5 nitrogen and oxygen atoms in total. The van der Waals surface area contributed by atoms with Gasteiger partial charge in [0.2, 0.25) is 0 Å². The number of ether oxygens (including phenoxy) is 2. The van der Waals surface area contributed by atoms with Gasteiger partial charge in [-0.05, 0) is 31.4 Å². The lowest BCUT2D eigenvalue weighted by Crippen LogP contribution is -2.24. The maximum Gasteiger partial charge on any atom is 0.337 e. The van der Waals surface area contributed by atoms with Gasteiger partial charge in [0, 0.05) is 5.57 Å². The largest absolute Gasteiger partial charge is 0.457 e. The molecule has 0 amide bonds. The molecule has 1 atom stereocenters. The van der Waals surface area contributed by atoms with Crippen LogP contribution in [0.15, 0.2) is 84.0 Å². The number of allylic oxidation sites excluding steroid dienone is 1. The van der Waals surface area contributed by atoms with E-state index in [1.165, 1.54) is 6.92 Å². The molecule has 0 aliphatic carbocycles. The summed E-state index contributed by atoms with van der Waals surface area (Å²) in [6, 6.07) is 18.4. The van der Waals surface area contributed by atoms with Crippen molar-refractivity contribution in [3.05, 3.63) is 95.1 Å². The number of hydrogen-bond donors (Lipinski definition) is 1. The maximum absolute atomic E-state index is 12.7. The number of carbonyl (C=O) groups is 2. The third kappa shape index (κ3) is 7.05. The summed E-state index contributed by atoms with van der Waals surface area (Å²) in [7, 11) is 0. The van der Waals surface area contributed by atoms with Crippen LogP contribution < -0.4 is 0 Å². The highest BCUT2D eigenvalue weighted by molar-refractivity contribution is 6.00. The van der Waals surface area contributed by atoms with Crippen LogP contribution in [0.4, 0.5) is 0 Å². The smallest absolute Gasteiger partial charge is 0.337 e. The molecular weight excluding hydrogens is 368 g/mol. The van der Waals surface area contributed by atoms with Gasteiger partial charge in [-0.3, -0.25) is 0 Å². The molecular formula is C24H26O5. The second kappa shape index (κ2) is 11.6. The van der Waals surface area contributed by atoms with Crippen LogP contribution in [0.3, 0.4) is 0 Å². The molecule has 152 valence electrons. The van der Waals surface area contributed by atoms with Gasteiger partial charge in [0.05, 0.1) is 11.7 Å². The average Bonchev–Trinajstić information content (AvgIpc) is 2.76. The molecule has 0 radical (unpaired) electrons.